The fourth-order valence-corrected chi connectivity index (χ4v) is 4.38. The van der Waals surface area contributed by atoms with Crippen molar-refractivity contribution in [1.82, 2.24) is 19.5 Å². The predicted octanol–water partition coefficient (Wildman–Crippen LogP) is 1.87. The third-order valence-electron chi connectivity index (χ3n) is 6.16. The minimum atomic E-state index is -1.17. The number of hydrogen-bond donors (Lipinski definition) is 4. The van der Waals surface area contributed by atoms with Crippen LogP contribution in [0, 0.1) is 0 Å². The third kappa shape index (κ3) is 4.30. The summed E-state index contributed by atoms with van der Waals surface area (Å²) < 4.78 is 7.52. The Balaban J connectivity index is 1.33. The molecule has 10 nitrogen and oxygen atoms in total. The lowest BCUT2D eigenvalue weighted by Gasteiger charge is -2.16. The van der Waals surface area contributed by atoms with Crippen LogP contribution >= 0.6 is 0 Å². The molecule has 5 N–H and O–H groups in total. The van der Waals surface area contributed by atoms with Crippen molar-refractivity contribution in [1.29, 1.82) is 0 Å². The first-order chi connectivity index (χ1) is 16.5. The Kier molecular flexibility index (Phi) is 6.10. The molecular formula is C24H26N6O4. The van der Waals surface area contributed by atoms with Crippen molar-refractivity contribution in [2.75, 3.05) is 5.32 Å². The van der Waals surface area contributed by atoms with Gasteiger partial charge in [-0.1, -0.05) is 36.4 Å². The highest BCUT2D eigenvalue weighted by molar-refractivity contribution is 5.84. The maximum absolute atomic E-state index is 11.0. The van der Waals surface area contributed by atoms with Gasteiger partial charge in [-0.05, 0) is 35.2 Å². The molecular weight excluding hydrogens is 436 g/mol. The highest BCUT2D eigenvalue weighted by Gasteiger charge is 2.43. The number of ether oxygens (including phenoxy) is 1. The SMILES string of the molecule is NC(=O)CCC[C@H]1O[C@@H](n2cnc3c(NCc4ccc5ccccc5c4)ncnc32)C(O)C1O. The second kappa shape index (κ2) is 9.34. The summed E-state index contributed by atoms with van der Waals surface area (Å²) in [5, 5.41) is 26.7. The number of rotatable bonds is 8. The number of fused-ring (bicyclic) bond motifs is 2. The molecule has 34 heavy (non-hydrogen) atoms. The van der Waals surface area contributed by atoms with Gasteiger partial charge in [-0.3, -0.25) is 9.36 Å². The van der Waals surface area contributed by atoms with Crippen LogP contribution in [0.3, 0.4) is 0 Å². The van der Waals surface area contributed by atoms with Gasteiger partial charge < -0.3 is 26.0 Å². The van der Waals surface area contributed by atoms with Crippen molar-refractivity contribution in [3.05, 3.63) is 60.7 Å². The number of carbonyl (C=O) groups excluding carboxylic acids is 1. The van der Waals surface area contributed by atoms with E-state index in [1.165, 1.54) is 18.0 Å². The molecule has 10 heteroatoms. The first kappa shape index (κ1) is 22.2. The number of benzene rings is 2. The summed E-state index contributed by atoms with van der Waals surface area (Å²) in [5.74, 6) is 0.147. The lowest BCUT2D eigenvalue weighted by Crippen LogP contribution is -2.31. The van der Waals surface area contributed by atoms with Gasteiger partial charge in [-0.15, -0.1) is 0 Å². The van der Waals surface area contributed by atoms with E-state index in [1.807, 2.05) is 12.1 Å². The van der Waals surface area contributed by atoms with E-state index in [1.54, 1.807) is 4.57 Å². The summed E-state index contributed by atoms with van der Waals surface area (Å²) in [6, 6.07) is 14.5. The fraction of sp³-hybridized carbons (Fsp3) is 0.333. The molecule has 3 heterocycles. The first-order valence-electron chi connectivity index (χ1n) is 11.2. The standard InChI is InChI=1S/C24H26N6O4/c25-18(31)7-3-6-17-20(32)21(33)24(34-17)30-13-29-19-22(27-12-28-23(19)30)26-11-14-8-9-15-4-1-2-5-16(15)10-14/h1-2,4-5,8-10,12-13,17,20-21,24,32-33H,3,6-7,11H2,(H2,25,31)(H,26,27,28)/t17-,20?,21?,24-/m1/s1. The second-order valence-corrected chi connectivity index (χ2v) is 8.49. The van der Waals surface area contributed by atoms with Crippen LogP contribution < -0.4 is 11.1 Å². The second-order valence-electron chi connectivity index (χ2n) is 8.49. The molecule has 4 atom stereocenters. The van der Waals surface area contributed by atoms with Gasteiger partial charge in [0.25, 0.3) is 0 Å². The maximum atomic E-state index is 11.0. The molecule has 1 fully saturated rings. The lowest BCUT2D eigenvalue weighted by molar-refractivity contribution is -0.118. The van der Waals surface area contributed by atoms with Gasteiger partial charge in [0.1, 0.15) is 18.5 Å². The predicted molar refractivity (Wildman–Crippen MR) is 126 cm³/mol. The summed E-state index contributed by atoms with van der Waals surface area (Å²) in [4.78, 5) is 24.1. The van der Waals surface area contributed by atoms with Crippen molar-refractivity contribution in [2.24, 2.45) is 5.73 Å². The quantitative estimate of drug-likeness (QED) is 0.310. The van der Waals surface area contributed by atoms with Crippen LogP contribution in [0.1, 0.15) is 31.1 Å². The van der Waals surface area contributed by atoms with Crippen molar-refractivity contribution in [3.8, 4) is 0 Å². The zero-order chi connectivity index (χ0) is 23.7. The van der Waals surface area contributed by atoms with Gasteiger partial charge in [0, 0.05) is 13.0 Å². The first-order valence-corrected chi connectivity index (χ1v) is 11.2. The van der Waals surface area contributed by atoms with Gasteiger partial charge in [0.05, 0.1) is 12.4 Å². The molecule has 1 aliphatic heterocycles. The maximum Gasteiger partial charge on any atom is 0.217 e. The highest BCUT2D eigenvalue weighted by Crippen LogP contribution is 2.34. The average Bonchev–Trinajstić information content (AvgIpc) is 3.39. The van der Waals surface area contributed by atoms with Crippen LogP contribution in [0.2, 0.25) is 0 Å². The smallest absolute Gasteiger partial charge is 0.217 e. The molecule has 4 aromatic rings. The van der Waals surface area contributed by atoms with E-state index in [2.05, 4.69) is 50.6 Å². The Morgan fingerprint density at radius 3 is 2.74 bits per heavy atom. The number of imidazole rings is 1. The van der Waals surface area contributed by atoms with E-state index in [9.17, 15) is 15.0 Å². The Morgan fingerprint density at radius 1 is 1.09 bits per heavy atom. The molecule has 2 aromatic carbocycles. The van der Waals surface area contributed by atoms with E-state index >= 15 is 0 Å². The Labute approximate surface area is 195 Å². The van der Waals surface area contributed by atoms with Crippen LogP contribution in [0.5, 0.6) is 0 Å². The third-order valence-corrected chi connectivity index (χ3v) is 6.16. The number of nitrogens with one attached hydrogen (secondary N) is 1. The van der Waals surface area contributed by atoms with E-state index < -0.39 is 30.4 Å². The molecule has 5 rings (SSSR count). The molecule has 1 aliphatic rings. The van der Waals surface area contributed by atoms with E-state index in [4.69, 9.17) is 10.5 Å². The molecule has 0 spiro atoms. The summed E-state index contributed by atoms with van der Waals surface area (Å²) in [6.07, 6.45) is 0.261. The van der Waals surface area contributed by atoms with Crippen molar-refractivity contribution in [3.63, 3.8) is 0 Å². The fourth-order valence-electron chi connectivity index (χ4n) is 4.38. The van der Waals surface area contributed by atoms with E-state index in [0.29, 0.717) is 36.4 Å². The molecule has 2 aromatic heterocycles. The monoisotopic (exact) mass is 462 g/mol. The molecule has 0 radical (unpaired) electrons. The number of aromatic nitrogens is 4. The van der Waals surface area contributed by atoms with Crippen LogP contribution in [0.25, 0.3) is 21.9 Å². The number of aliphatic hydroxyl groups is 2. The highest BCUT2D eigenvalue weighted by atomic mass is 16.6. The number of aliphatic hydroxyl groups excluding tert-OH is 2. The van der Waals surface area contributed by atoms with Crippen molar-refractivity contribution in [2.45, 2.75) is 50.3 Å². The number of nitrogens with zero attached hydrogens (tertiary/aromatic N) is 4. The summed E-state index contributed by atoms with van der Waals surface area (Å²) >= 11 is 0. The minimum Gasteiger partial charge on any atom is -0.388 e. The Hall–Kier alpha value is -3.60. The molecule has 1 saturated heterocycles. The number of primary amides is 1. The van der Waals surface area contributed by atoms with Gasteiger partial charge in [0.2, 0.25) is 5.91 Å². The molecule has 0 bridgehead atoms. The Morgan fingerprint density at radius 2 is 1.91 bits per heavy atom. The molecule has 0 aliphatic carbocycles. The summed E-state index contributed by atoms with van der Waals surface area (Å²) in [5.41, 5.74) is 7.29. The summed E-state index contributed by atoms with van der Waals surface area (Å²) in [7, 11) is 0. The van der Waals surface area contributed by atoms with Crippen LogP contribution in [0.15, 0.2) is 55.1 Å². The number of amides is 1. The van der Waals surface area contributed by atoms with Crippen LogP contribution in [-0.4, -0.2) is 54.0 Å². The largest absolute Gasteiger partial charge is 0.388 e. The van der Waals surface area contributed by atoms with E-state index in [0.717, 1.165) is 10.9 Å². The topological polar surface area (TPSA) is 148 Å². The number of hydrogen-bond acceptors (Lipinski definition) is 8. The van der Waals surface area contributed by atoms with Gasteiger partial charge in [-0.2, -0.15) is 0 Å². The average molecular weight is 463 g/mol. The molecule has 0 saturated carbocycles. The van der Waals surface area contributed by atoms with Gasteiger partial charge in [0.15, 0.2) is 23.2 Å². The Bertz CT molecular complexity index is 1330. The lowest BCUT2D eigenvalue weighted by atomic mass is 10.0. The van der Waals surface area contributed by atoms with Gasteiger partial charge >= 0.3 is 0 Å². The molecule has 176 valence electrons. The van der Waals surface area contributed by atoms with E-state index in [-0.39, 0.29) is 6.42 Å². The minimum absolute atomic E-state index is 0.195. The molecule has 1 amide bonds. The normalized spacial score (nSPS) is 22.4. The van der Waals surface area contributed by atoms with Gasteiger partial charge in [-0.25, -0.2) is 15.0 Å². The van der Waals surface area contributed by atoms with Crippen LogP contribution in [0.4, 0.5) is 5.82 Å². The van der Waals surface area contributed by atoms with Crippen molar-refractivity contribution < 1.29 is 19.7 Å². The summed E-state index contributed by atoms with van der Waals surface area (Å²) in [6.45, 7) is 0.549. The number of nitrogens with two attached hydrogens (primary N) is 1. The zero-order valence-corrected chi connectivity index (χ0v) is 18.4. The van der Waals surface area contributed by atoms with Crippen LogP contribution in [-0.2, 0) is 16.1 Å². The zero-order valence-electron chi connectivity index (χ0n) is 18.4. The van der Waals surface area contributed by atoms with Crippen molar-refractivity contribution >= 4 is 33.7 Å². The number of anilines is 1. The number of carbonyl (C=O) groups is 1. The molecule has 2 unspecified atom stereocenters.